The molecule has 84 valence electrons. The number of alkyl halides is 1. The summed E-state index contributed by atoms with van der Waals surface area (Å²) >= 11 is 1.59. The second kappa shape index (κ2) is 4.75. The molecule has 3 nitrogen and oxygen atoms in total. The molecule has 1 rings (SSSR count). The van der Waals surface area contributed by atoms with Crippen molar-refractivity contribution in [1.29, 1.82) is 0 Å². The Morgan fingerprint density at radius 1 is 1.40 bits per heavy atom. The summed E-state index contributed by atoms with van der Waals surface area (Å²) in [4.78, 5) is 0. The smallest absolute Gasteiger partial charge is 0.162 e. The van der Waals surface area contributed by atoms with E-state index in [-0.39, 0.29) is 5.56 Å². The van der Waals surface area contributed by atoms with Crippen molar-refractivity contribution in [2.75, 3.05) is 6.26 Å². The molecule has 0 fully saturated rings. The molecule has 0 saturated heterocycles. The van der Waals surface area contributed by atoms with Gasteiger partial charge in [0.2, 0.25) is 0 Å². The zero-order chi connectivity index (χ0) is 11.6. The van der Waals surface area contributed by atoms with Crippen LogP contribution >= 0.6 is 22.6 Å². The van der Waals surface area contributed by atoms with Crippen LogP contribution in [0.5, 0.6) is 0 Å². The predicted molar refractivity (Wildman–Crippen MR) is 64.0 cm³/mol. The molecule has 6 heteroatoms. The van der Waals surface area contributed by atoms with E-state index in [2.05, 4.69) is 0 Å². The molecule has 0 radical (unpaired) electrons. The molecule has 0 aliphatic rings. The SMILES string of the molecule is CS(=O)(=O)[C@@H](I)[C@@H](O)c1ccccc1F. The van der Waals surface area contributed by atoms with Crippen molar-refractivity contribution >= 4 is 32.4 Å². The van der Waals surface area contributed by atoms with Gasteiger partial charge in [-0.25, -0.2) is 12.8 Å². The standard InChI is InChI=1S/C9H10FIO3S/c1-15(13,14)9(11)8(12)6-4-2-3-5-7(6)10/h2-5,8-9,12H,1H3/t8-,9+/m0/s1. The Balaban J connectivity index is 3.06. The fourth-order valence-electron chi connectivity index (χ4n) is 1.09. The maximum atomic E-state index is 13.2. The van der Waals surface area contributed by atoms with Gasteiger partial charge in [0.05, 0.1) is 0 Å². The largest absolute Gasteiger partial charge is 0.386 e. The molecular formula is C9H10FIO3S. The summed E-state index contributed by atoms with van der Waals surface area (Å²) in [6.07, 6.45) is -0.337. The minimum atomic E-state index is -3.40. The lowest BCUT2D eigenvalue weighted by molar-refractivity contribution is 0.192. The summed E-state index contributed by atoms with van der Waals surface area (Å²) in [5, 5.41) is 9.68. The highest BCUT2D eigenvalue weighted by Crippen LogP contribution is 2.28. The molecule has 0 unspecified atom stereocenters. The van der Waals surface area contributed by atoms with Crippen LogP contribution in [0.15, 0.2) is 24.3 Å². The summed E-state index contributed by atoms with van der Waals surface area (Å²) in [6, 6.07) is 5.59. The molecular weight excluding hydrogens is 334 g/mol. The maximum absolute atomic E-state index is 13.2. The molecule has 0 aliphatic heterocycles. The summed E-state index contributed by atoms with van der Waals surface area (Å²) in [5.41, 5.74) is 0.00215. The predicted octanol–water partition coefficient (Wildman–Crippen LogP) is 1.66. The van der Waals surface area contributed by atoms with Crippen molar-refractivity contribution in [3.05, 3.63) is 35.6 Å². The van der Waals surface area contributed by atoms with E-state index in [0.717, 1.165) is 6.26 Å². The Morgan fingerprint density at radius 3 is 2.40 bits per heavy atom. The molecule has 1 aromatic carbocycles. The third-order valence-electron chi connectivity index (χ3n) is 1.88. The van der Waals surface area contributed by atoms with Crippen molar-refractivity contribution in [2.24, 2.45) is 0 Å². The number of hydrogen-bond donors (Lipinski definition) is 1. The fraction of sp³-hybridized carbons (Fsp3) is 0.333. The lowest BCUT2D eigenvalue weighted by Gasteiger charge is -2.16. The maximum Gasteiger partial charge on any atom is 0.162 e. The van der Waals surface area contributed by atoms with Crippen LogP contribution in [0.3, 0.4) is 0 Å². The molecule has 0 heterocycles. The minimum Gasteiger partial charge on any atom is -0.386 e. The second-order valence-electron chi connectivity index (χ2n) is 3.15. The van der Waals surface area contributed by atoms with E-state index in [0.29, 0.717) is 0 Å². The van der Waals surface area contributed by atoms with E-state index < -0.39 is 25.0 Å². The second-order valence-corrected chi connectivity index (χ2v) is 7.50. The topological polar surface area (TPSA) is 54.4 Å². The van der Waals surface area contributed by atoms with Crippen LogP contribution in [0, 0.1) is 5.82 Å². The van der Waals surface area contributed by atoms with Gasteiger partial charge in [0.1, 0.15) is 15.2 Å². The van der Waals surface area contributed by atoms with Crippen molar-refractivity contribution in [1.82, 2.24) is 0 Å². The highest BCUT2D eigenvalue weighted by molar-refractivity contribution is 14.1. The number of aliphatic hydroxyl groups excluding tert-OH is 1. The van der Waals surface area contributed by atoms with Crippen molar-refractivity contribution in [3.63, 3.8) is 0 Å². The fourth-order valence-corrected chi connectivity index (χ4v) is 2.09. The first kappa shape index (κ1) is 12.9. The Hall–Kier alpha value is -0.210. The number of rotatable bonds is 3. The monoisotopic (exact) mass is 344 g/mol. The molecule has 0 saturated carbocycles. The van der Waals surface area contributed by atoms with Gasteiger partial charge in [-0.05, 0) is 6.07 Å². The van der Waals surface area contributed by atoms with Crippen LogP contribution in [0.1, 0.15) is 11.7 Å². The van der Waals surface area contributed by atoms with Crippen LogP contribution in [-0.2, 0) is 9.84 Å². The summed E-state index contributed by atoms with van der Waals surface area (Å²) in [5.74, 6) is -0.602. The third-order valence-corrected chi connectivity index (χ3v) is 6.41. The van der Waals surface area contributed by atoms with E-state index in [9.17, 15) is 17.9 Å². The van der Waals surface area contributed by atoms with Gasteiger partial charge in [0.25, 0.3) is 0 Å². The molecule has 15 heavy (non-hydrogen) atoms. The van der Waals surface area contributed by atoms with Gasteiger partial charge in [-0.2, -0.15) is 0 Å². The molecule has 1 N–H and O–H groups in total. The zero-order valence-corrected chi connectivity index (χ0v) is 10.9. The van der Waals surface area contributed by atoms with Crippen LogP contribution in [0.2, 0.25) is 0 Å². The van der Waals surface area contributed by atoms with Gasteiger partial charge >= 0.3 is 0 Å². The number of sulfone groups is 1. The van der Waals surface area contributed by atoms with E-state index in [1.807, 2.05) is 0 Å². The van der Waals surface area contributed by atoms with Gasteiger partial charge in [-0.3, -0.25) is 0 Å². The van der Waals surface area contributed by atoms with Crippen molar-refractivity contribution in [3.8, 4) is 0 Å². The Bertz CT molecular complexity index is 446. The van der Waals surface area contributed by atoms with Crippen molar-refractivity contribution in [2.45, 2.75) is 9.36 Å². The van der Waals surface area contributed by atoms with Gasteiger partial charge in [-0.15, -0.1) is 0 Å². The van der Waals surface area contributed by atoms with Crippen LogP contribution in [0.25, 0.3) is 0 Å². The number of hydrogen-bond acceptors (Lipinski definition) is 3. The van der Waals surface area contributed by atoms with Gasteiger partial charge in [0.15, 0.2) is 9.84 Å². The number of benzene rings is 1. The first-order chi connectivity index (χ1) is 6.84. The molecule has 2 atom stereocenters. The zero-order valence-electron chi connectivity index (χ0n) is 7.89. The molecule has 0 aliphatic carbocycles. The first-order valence-corrected chi connectivity index (χ1v) is 7.29. The van der Waals surface area contributed by atoms with E-state index in [1.54, 1.807) is 28.7 Å². The molecule has 0 bridgehead atoms. The lowest BCUT2D eigenvalue weighted by atomic mass is 10.1. The Kier molecular flexibility index (Phi) is 4.07. The minimum absolute atomic E-state index is 0.00215. The average molecular weight is 344 g/mol. The van der Waals surface area contributed by atoms with E-state index in [1.165, 1.54) is 18.2 Å². The third kappa shape index (κ3) is 3.12. The molecule has 0 amide bonds. The summed E-state index contributed by atoms with van der Waals surface area (Å²) in [6.45, 7) is 0. The van der Waals surface area contributed by atoms with E-state index in [4.69, 9.17) is 0 Å². The molecule has 0 spiro atoms. The Morgan fingerprint density at radius 2 is 1.93 bits per heavy atom. The first-order valence-electron chi connectivity index (χ1n) is 4.09. The van der Waals surface area contributed by atoms with Crippen molar-refractivity contribution < 1.29 is 17.9 Å². The van der Waals surface area contributed by atoms with Crippen LogP contribution in [-0.4, -0.2) is 23.0 Å². The number of aliphatic hydroxyl groups is 1. The lowest BCUT2D eigenvalue weighted by Crippen LogP contribution is -2.22. The number of halogens is 2. The van der Waals surface area contributed by atoms with Crippen LogP contribution in [0.4, 0.5) is 4.39 Å². The van der Waals surface area contributed by atoms with Gasteiger partial charge in [0, 0.05) is 11.8 Å². The quantitative estimate of drug-likeness (QED) is 0.670. The molecule has 0 aromatic heterocycles. The highest BCUT2D eigenvalue weighted by atomic mass is 127. The highest BCUT2D eigenvalue weighted by Gasteiger charge is 2.28. The summed E-state index contributed by atoms with van der Waals surface area (Å²) in [7, 11) is -3.40. The van der Waals surface area contributed by atoms with E-state index >= 15 is 0 Å². The van der Waals surface area contributed by atoms with Gasteiger partial charge in [-0.1, -0.05) is 40.8 Å². The molecule has 1 aromatic rings. The van der Waals surface area contributed by atoms with Gasteiger partial charge < -0.3 is 5.11 Å². The van der Waals surface area contributed by atoms with Crippen LogP contribution < -0.4 is 0 Å². The summed E-state index contributed by atoms with van der Waals surface area (Å²) < 4.78 is 34.5. The average Bonchev–Trinajstić information content (AvgIpc) is 2.15. The normalized spacial score (nSPS) is 16.0. The Labute approximate surface area is 101 Å².